The Labute approximate surface area is 71.2 Å². The summed E-state index contributed by atoms with van der Waals surface area (Å²) in [6, 6.07) is 0. The fourth-order valence-electron chi connectivity index (χ4n) is 0.640. The van der Waals surface area contributed by atoms with Gasteiger partial charge in [0.1, 0.15) is 0 Å². The van der Waals surface area contributed by atoms with E-state index in [1.807, 2.05) is 0 Å². The lowest BCUT2D eigenvalue weighted by atomic mass is 9.93. The summed E-state index contributed by atoms with van der Waals surface area (Å²) >= 11 is 0. The van der Waals surface area contributed by atoms with Gasteiger partial charge in [-0.1, -0.05) is 0 Å². The molecule has 0 aromatic carbocycles. The molecule has 0 heterocycles. The Morgan fingerprint density at radius 3 is 1.75 bits per heavy atom. The van der Waals surface area contributed by atoms with Crippen molar-refractivity contribution in [1.29, 1.82) is 0 Å². The van der Waals surface area contributed by atoms with Gasteiger partial charge in [0.2, 0.25) is 0 Å². The summed E-state index contributed by atoms with van der Waals surface area (Å²) < 4.78 is 4.89. The Hall–Kier alpha value is -0.200. The first-order chi connectivity index (χ1) is 5.74. The van der Waals surface area contributed by atoms with E-state index < -0.39 is 5.41 Å². The maximum absolute atomic E-state index is 8.81. The van der Waals surface area contributed by atoms with Crippen LogP contribution in [0.5, 0.6) is 0 Å². The molecule has 0 aliphatic heterocycles. The van der Waals surface area contributed by atoms with Crippen molar-refractivity contribution in [2.45, 2.75) is 0 Å². The van der Waals surface area contributed by atoms with Crippen LogP contribution < -0.4 is 0 Å². The topological polar surface area (TPSA) is 90.2 Å². The zero-order valence-electron chi connectivity index (χ0n) is 6.94. The first kappa shape index (κ1) is 11.8. The molecule has 0 spiro atoms. The third-order valence-electron chi connectivity index (χ3n) is 1.65. The number of ether oxygens (including phenoxy) is 1. The Balaban J connectivity index is 3.76. The van der Waals surface area contributed by atoms with Gasteiger partial charge in [-0.2, -0.15) is 0 Å². The maximum atomic E-state index is 8.81. The van der Waals surface area contributed by atoms with Gasteiger partial charge in [0.15, 0.2) is 0 Å². The summed E-state index contributed by atoms with van der Waals surface area (Å²) in [6.45, 7) is -0.959. The molecule has 0 atom stereocenters. The molecule has 4 N–H and O–H groups in total. The largest absolute Gasteiger partial charge is 0.396 e. The lowest BCUT2D eigenvalue weighted by molar-refractivity contribution is -0.0625. The molecule has 5 nitrogen and oxygen atoms in total. The lowest BCUT2D eigenvalue weighted by Gasteiger charge is -2.26. The molecule has 5 heteroatoms. The highest BCUT2D eigenvalue weighted by Crippen LogP contribution is 2.14. The average Bonchev–Trinajstić information content (AvgIpc) is 2.14. The third-order valence-corrected chi connectivity index (χ3v) is 1.65. The molecule has 0 rings (SSSR count). The van der Waals surface area contributed by atoms with Crippen LogP contribution in [0, 0.1) is 5.41 Å². The van der Waals surface area contributed by atoms with Crippen LogP contribution in [-0.4, -0.2) is 60.1 Å². The van der Waals surface area contributed by atoms with Gasteiger partial charge in [-0.05, 0) is 0 Å². The maximum Gasteiger partial charge on any atom is 0.0698 e. The standard InChI is InChI=1S/C7H16O5/c8-1-2-12-6-7(3-9,4-10)5-11/h8-11H,1-6H2. The van der Waals surface area contributed by atoms with Gasteiger partial charge >= 0.3 is 0 Å². The fraction of sp³-hybridized carbons (Fsp3) is 1.00. The molecule has 0 aromatic heterocycles. The molecule has 0 saturated carbocycles. The normalized spacial score (nSPS) is 12.0. The van der Waals surface area contributed by atoms with Gasteiger partial charge in [-0.15, -0.1) is 0 Å². The van der Waals surface area contributed by atoms with Crippen LogP contribution in [0.25, 0.3) is 0 Å². The van der Waals surface area contributed by atoms with E-state index in [-0.39, 0.29) is 39.6 Å². The molecular formula is C7H16O5. The molecule has 0 fully saturated rings. The van der Waals surface area contributed by atoms with Gasteiger partial charge in [0.05, 0.1) is 45.1 Å². The summed E-state index contributed by atoms with van der Waals surface area (Å²) in [7, 11) is 0. The predicted octanol–water partition coefficient (Wildman–Crippen LogP) is -2.04. The van der Waals surface area contributed by atoms with Gasteiger partial charge in [0, 0.05) is 0 Å². The highest BCUT2D eigenvalue weighted by Gasteiger charge is 2.28. The van der Waals surface area contributed by atoms with E-state index in [2.05, 4.69) is 0 Å². The van der Waals surface area contributed by atoms with Crippen LogP contribution in [0.2, 0.25) is 0 Å². The summed E-state index contributed by atoms with van der Waals surface area (Å²) in [4.78, 5) is 0. The molecular weight excluding hydrogens is 164 g/mol. The van der Waals surface area contributed by atoms with E-state index in [1.54, 1.807) is 0 Å². The summed E-state index contributed by atoms with van der Waals surface area (Å²) in [5, 5.41) is 34.8. The summed E-state index contributed by atoms with van der Waals surface area (Å²) in [5.41, 5.74) is -0.991. The van der Waals surface area contributed by atoms with Gasteiger partial charge in [-0.3, -0.25) is 0 Å². The Morgan fingerprint density at radius 1 is 0.917 bits per heavy atom. The minimum Gasteiger partial charge on any atom is -0.396 e. The Kier molecular flexibility index (Phi) is 6.23. The van der Waals surface area contributed by atoms with Gasteiger partial charge in [0.25, 0.3) is 0 Å². The summed E-state index contributed by atoms with van der Waals surface area (Å²) in [6.07, 6.45) is 0. The molecule has 0 aliphatic rings. The fourth-order valence-corrected chi connectivity index (χ4v) is 0.640. The number of hydrogen-bond acceptors (Lipinski definition) is 5. The summed E-state index contributed by atoms with van der Waals surface area (Å²) in [5.74, 6) is 0. The van der Waals surface area contributed by atoms with Crippen molar-refractivity contribution in [2.75, 3.05) is 39.6 Å². The van der Waals surface area contributed by atoms with Gasteiger partial charge < -0.3 is 25.2 Å². The molecule has 0 unspecified atom stereocenters. The highest BCUT2D eigenvalue weighted by molar-refractivity contribution is 4.76. The predicted molar refractivity (Wildman–Crippen MR) is 41.6 cm³/mol. The first-order valence-electron chi connectivity index (χ1n) is 3.76. The number of aliphatic hydroxyl groups excluding tert-OH is 4. The van der Waals surface area contributed by atoms with Crippen molar-refractivity contribution in [2.24, 2.45) is 5.41 Å². The minimum absolute atomic E-state index is 0.0388. The van der Waals surface area contributed by atoms with Crippen molar-refractivity contribution >= 4 is 0 Å². The first-order valence-corrected chi connectivity index (χ1v) is 3.76. The molecule has 74 valence electrons. The zero-order valence-corrected chi connectivity index (χ0v) is 6.94. The SMILES string of the molecule is OCCOCC(CO)(CO)CO. The molecule has 0 aliphatic carbocycles. The molecule has 0 saturated heterocycles. The van der Waals surface area contributed by atoms with Crippen LogP contribution in [0.1, 0.15) is 0 Å². The van der Waals surface area contributed by atoms with E-state index in [4.69, 9.17) is 25.2 Å². The third kappa shape index (κ3) is 3.46. The van der Waals surface area contributed by atoms with Crippen LogP contribution in [-0.2, 0) is 4.74 Å². The highest BCUT2D eigenvalue weighted by atomic mass is 16.5. The quantitative estimate of drug-likeness (QED) is 0.339. The Morgan fingerprint density at radius 2 is 1.42 bits per heavy atom. The van der Waals surface area contributed by atoms with Crippen molar-refractivity contribution in [1.82, 2.24) is 0 Å². The van der Waals surface area contributed by atoms with E-state index in [0.717, 1.165) is 0 Å². The molecule has 12 heavy (non-hydrogen) atoms. The second-order valence-corrected chi connectivity index (χ2v) is 2.75. The van der Waals surface area contributed by atoms with Crippen molar-refractivity contribution in [3.63, 3.8) is 0 Å². The van der Waals surface area contributed by atoms with Crippen molar-refractivity contribution in [3.05, 3.63) is 0 Å². The molecule has 0 bridgehead atoms. The van der Waals surface area contributed by atoms with Crippen LogP contribution >= 0.6 is 0 Å². The van der Waals surface area contributed by atoms with E-state index in [9.17, 15) is 0 Å². The van der Waals surface area contributed by atoms with Gasteiger partial charge in [-0.25, -0.2) is 0 Å². The monoisotopic (exact) mass is 180 g/mol. The zero-order chi connectivity index (χ0) is 9.45. The number of hydrogen-bond donors (Lipinski definition) is 4. The molecule has 0 radical (unpaired) electrons. The number of rotatable bonds is 7. The second kappa shape index (κ2) is 6.33. The minimum atomic E-state index is -0.991. The van der Waals surface area contributed by atoms with E-state index in [0.29, 0.717) is 0 Å². The van der Waals surface area contributed by atoms with E-state index in [1.165, 1.54) is 0 Å². The van der Waals surface area contributed by atoms with Crippen molar-refractivity contribution < 1.29 is 25.2 Å². The smallest absolute Gasteiger partial charge is 0.0698 e. The van der Waals surface area contributed by atoms with Crippen molar-refractivity contribution in [3.8, 4) is 0 Å². The van der Waals surface area contributed by atoms with Crippen LogP contribution in [0.4, 0.5) is 0 Å². The van der Waals surface area contributed by atoms with E-state index >= 15 is 0 Å². The van der Waals surface area contributed by atoms with Crippen LogP contribution in [0.15, 0.2) is 0 Å². The van der Waals surface area contributed by atoms with Crippen LogP contribution in [0.3, 0.4) is 0 Å². The average molecular weight is 180 g/mol. The molecule has 0 aromatic rings. The Bertz CT molecular complexity index is 93.7. The molecule has 0 amide bonds. The number of aliphatic hydroxyl groups is 4. The lowest BCUT2D eigenvalue weighted by Crippen LogP contribution is -2.39. The second-order valence-electron chi connectivity index (χ2n) is 2.75.